The zero-order valence-corrected chi connectivity index (χ0v) is 8.79. The van der Waals surface area contributed by atoms with Gasteiger partial charge in [-0.2, -0.15) is 5.06 Å². The number of hydrogen-bond acceptors (Lipinski definition) is 5. The van der Waals surface area contributed by atoms with Crippen LogP contribution in [0.2, 0.25) is 0 Å². The zero-order valence-electron chi connectivity index (χ0n) is 11.8. The first-order chi connectivity index (χ1) is 8.95. The number of esters is 1. The van der Waals surface area contributed by atoms with Crippen LogP contribution in [0.15, 0.2) is 24.5 Å². The fraction of sp³-hybridized carbons (Fsp3) is 0.455. The molecule has 1 aromatic heterocycles. The van der Waals surface area contributed by atoms with Crippen molar-refractivity contribution < 1.29 is 18.5 Å². The average Bonchev–Trinajstić information content (AvgIpc) is 2.83. The highest BCUT2D eigenvalue weighted by atomic mass is 16.7. The van der Waals surface area contributed by atoms with Gasteiger partial charge in [-0.3, -0.25) is 14.6 Å². The quantitative estimate of drug-likeness (QED) is 0.696. The van der Waals surface area contributed by atoms with Gasteiger partial charge in [-0.05, 0) is 11.6 Å². The predicted molar refractivity (Wildman–Crippen MR) is 56.2 cm³/mol. The van der Waals surface area contributed by atoms with Crippen LogP contribution in [-0.4, -0.2) is 36.7 Å². The van der Waals surface area contributed by atoms with Crippen LogP contribution < -0.4 is 0 Å². The normalized spacial score (nSPS) is 29.2. The molecule has 0 aromatic carbocycles. The molecule has 1 saturated heterocycles. The first-order valence-corrected chi connectivity index (χ1v) is 4.85. The molecular weight excluding hydrogens is 208 g/mol. The van der Waals surface area contributed by atoms with Crippen molar-refractivity contribution in [2.45, 2.75) is 6.04 Å². The molecule has 0 aliphatic carbocycles. The smallest absolute Gasteiger partial charge is 0.313 e. The van der Waals surface area contributed by atoms with E-state index >= 15 is 0 Å². The maximum absolute atomic E-state index is 11.7. The molecule has 2 rings (SSSR count). The minimum atomic E-state index is -2.46. The van der Waals surface area contributed by atoms with Crippen LogP contribution >= 0.6 is 0 Å². The fourth-order valence-corrected chi connectivity index (χ4v) is 1.76. The molecule has 86 valence electrons. The summed E-state index contributed by atoms with van der Waals surface area (Å²) in [7, 11) is 1.26. The molecule has 0 saturated carbocycles. The predicted octanol–water partition coefficient (Wildman–Crippen LogP) is 0.789. The van der Waals surface area contributed by atoms with E-state index in [9.17, 15) is 4.79 Å². The number of pyridine rings is 1. The van der Waals surface area contributed by atoms with Gasteiger partial charge in [-0.25, -0.2) is 0 Å². The van der Waals surface area contributed by atoms with Crippen molar-refractivity contribution in [2.24, 2.45) is 5.92 Å². The van der Waals surface area contributed by atoms with Gasteiger partial charge in [0.25, 0.3) is 0 Å². The molecule has 0 radical (unpaired) electrons. The molecular formula is C11H14N2O3. The third-order valence-corrected chi connectivity index (χ3v) is 2.56. The molecule has 5 nitrogen and oxygen atoms in total. The third kappa shape index (κ3) is 1.91. The van der Waals surface area contributed by atoms with Gasteiger partial charge in [-0.15, -0.1) is 0 Å². The number of hydrogen-bond donors (Lipinski definition) is 0. The van der Waals surface area contributed by atoms with Crippen molar-refractivity contribution in [1.29, 1.82) is 0 Å². The Morgan fingerprint density at radius 1 is 1.81 bits per heavy atom. The summed E-state index contributed by atoms with van der Waals surface area (Å²) in [6.07, 6.45) is 3.10. The van der Waals surface area contributed by atoms with Crippen molar-refractivity contribution in [3.63, 3.8) is 0 Å². The maximum atomic E-state index is 11.7. The van der Waals surface area contributed by atoms with Crippen LogP contribution in [0.4, 0.5) is 0 Å². The fourth-order valence-electron chi connectivity index (χ4n) is 1.76. The van der Waals surface area contributed by atoms with E-state index in [0.717, 1.165) is 5.06 Å². The van der Waals surface area contributed by atoms with Crippen molar-refractivity contribution in [1.82, 2.24) is 10.0 Å². The van der Waals surface area contributed by atoms with Gasteiger partial charge in [0, 0.05) is 23.5 Å². The van der Waals surface area contributed by atoms with E-state index in [1.807, 2.05) is 0 Å². The Morgan fingerprint density at radius 3 is 3.31 bits per heavy atom. The van der Waals surface area contributed by atoms with Gasteiger partial charge in [0.1, 0.15) is 5.92 Å². The first-order valence-electron chi connectivity index (χ1n) is 6.35. The zero-order chi connectivity index (χ0) is 14.0. The van der Waals surface area contributed by atoms with Crippen LogP contribution in [0.5, 0.6) is 0 Å². The molecule has 0 N–H and O–H groups in total. The number of rotatable bonds is 2. The molecule has 1 fully saturated rings. The number of carbonyl (C=O) groups is 1. The number of aromatic nitrogens is 1. The van der Waals surface area contributed by atoms with Crippen LogP contribution in [0.25, 0.3) is 0 Å². The van der Waals surface area contributed by atoms with E-state index in [4.69, 9.17) is 13.7 Å². The summed E-state index contributed by atoms with van der Waals surface area (Å²) in [4.78, 5) is 20.8. The van der Waals surface area contributed by atoms with Gasteiger partial charge >= 0.3 is 5.97 Å². The van der Waals surface area contributed by atoms with E-state index in [-0.39, 0.29) is 6.61 Å². The highest BCUT2D eigenvalue weighted by molar-refractivity contribution is 5.73. The second-order valence-electron chi connectivity index (χ2n) is 3.48. The molecule has 1 aromatic rings. The highest BCUT2D eigenvalue weighted by Crippen LogP contribution is 2.34. The third-order valence-electron chi connectivity index (χ3n) is 2.56. The summed E-state index contributed by atoms with van der Waals surface area (Å²) >= 11 is 0. The molecule has 2 heterocycles. The number of nitrogens with zero attached hydrogens (tertiary/aromatic N) is 2. The summed E-state index contributed by atoms with van der Waals surface area (Å²) in [6.45, 7) is -2.48. The second kappa shape index (κ2) is 4.59. The Kier molecular flexibility index (Phi) is 2.22. The molecule has 2 unspecified atom stereocenters. The Hall–Kier alpha value is -1.46. The monoisotopic (exact) mass is 225 g/mol. The number of hydroxylamine groups is 2. The summed E-state index contributed by atoms with van der Waals surface area (Å²) in [5, 5.41) is 0.867. The molecule has 1 aliphatic rings. The van der Waals surface area contributed by atoms with Gasteiger partial charge in [0.2, 0.25) is 0 Å². The molecule has 0 bridgehead atoms. The van der Waals surface area contributed by atoms with Crippen molar-refractivity contribution in [3.8, 4) is 0 Å². The molecule has 1 aliphatic heterocycles. The summed E-state index contributed by atoms with van der Waals surface area (Å²) in [5.41, 5.74) is 0.603. The van der Waals surface area contributed by atoms with Crippen LogP contribution in [-0.2, 0) is 14.4 Å². The average molecular weight is 225 g/mol. The lowest BCUT2D eigenvalue weighted by molar-refractivity contribution is -0.145. The van der Waals surface area contributed by atoms with E-state index in [1.54, 1.807) is 18.3 Å². The van der Waals surface area contributed by atoms with E-state index in [2.05, 4.69) is 4.98 Å². The number of carbonyl (C=O) groups excluding carboxylic acids is 1. The van der Waals surface area contributed by atoms with Crippen LogP contribution in [0.3, 0.4) is 0 Å². The summed E-state index contributed by atoms with van der Waals surface area (Å²) < 4.78 is 27.1. The molecule has 5 heteroatoms. The van der Waals surface area contributed by atoms with Crippen molar-refractivity contribution >= 4 is 5.97 Å². The standard InChI is InChI=1S/C11H14N2O3/c1-13-10(8-4-3-5-12-6-8)9(7-16-13)11(14)15-2/h3-6,9-10H,7H2,1-2H3/i1D3. The Labute approximate surface area is 98.2 Å². The Balaban J connectivity index is 2.37. The minimum Gasteiger partial charge on any atom is -0.469 e. The largest absolute Gasteiger partial charge is 0.469 e. The van der Waals surface area contributed by atoms with E-state index in [0.29, 0.717) is 5.56 Å². The van der Waals surface area contributed by atoms with Crippen molar-refractivity contribution in [3.05, 3.63) is 30.1 Å². The van der Waals surface area contributed by atoms with E-state index < -0.39 is 24.9 Å². The van der Waals surface area contributed by atoms with Gasteiger partial charge in [-0.1, -0.05) is 6.07 Å². The van der Waals surface area contributed by atoms with E-state index in [1.165, 1.54) is 13.3 Å². The van der Waals surface area contributed by atoms with Gasteiger partial charge in [0.15, 0.2) is 0 Å². The minimum absolute atomic E-state index is 0.0232. The highest BCUT2D eigenvalue weighted by Gasteiger charge is 2.40. The summed E-state index contributed by atoms with van der Waals surface area (Å²) in [6, 6.07) is 2.66. The SMILES string of the molecule is [2H]C([2H])([2H])N1OCC(C(=O)OC)C1c1cccnc1. The topological polar surface area (TPSA) is 51.7 Å². The lowest BCUT2D eigenvalue weighted by Crippen LogP contribution is -2.26. The second-order valence-corrected chi connectivity index (χ2v) is 3.48. The molecule has 2 atom stereocenters. The first kappa shape index (κ1) is 7.76. The molecule has 16 heavy (non-hydrogen) atoms. The summed E-state index contributed by atoms with van der Waals surface area (Å²) in [5.74, 6) is -1.18. The lowest BCUT2D eigenvalue weighted by atomic mass is 9.96. The van der Waals surface area contributed by atoms with Gasteiger partial charge in [0.05, 0.1) is 19.8 Å². The lowest BCUT2D eigenvalue weighted by Gasteiger charge is -2.20. The van der Waals surface area contributed by atoms with Gasteiger partial charge < -0.3 is 4.74 Å². The van der Waals surface area contributed by atoms with Crippen molar-refractivity contribution in [2.75, 3.05) is 20.7 Å². The number of ether oxygens (including phenoxy) is 1. The molecule has 0 amide bonds. The Bertz CT molecular complexity index is 452. The number of methoxy groups -OCH3 is 1. The molecule has 0 spiro atoms. The van der Waals surface area contributed by atoms with Crippen LogP contribution in [0, 0.1) is 5.92 Å². The Morgan fingerprint density at radius 2 is 2.69 bits per heavy atom. The van der Waals surface area contributed by atoms with Crippen LogP contribution in [0.1, 0.15) is 15.7 Å². The maximum Gasteiger partial charge on any atom is 0.313 e.